The summed E-state index contributed by atoms with van der Waals surface area (Å²) in [6, 6.07) is 35.6. The highest BCUT2D eigenvalue weighted by atomic mass is 28.4. The minimum Gasteiger partial charge on any atom is -0.508 e. The van der Waals surface area contributed by atoms with Gasteiger partial charge in [0.2, 0.25) is 0 Å². The molecule has 7 rings (SSSR count). The molecule has 0 bridgehead atoms. The normalized spacial score (nSPS) is 21.8. The molecule has 0 unspecified atom stereocenters. The summed E-state index contributed by atoms with van der Waals surface area (Å²) >= 11 is 0. The van der Waals surface area contributed by atoms with Crippen molar-refractivity contribution < 1.29 is 28.8 Å². The molecule has 3 aliphatic rings. The molecule has 0 aromatic heterocycles. The lowest BCUT2D eigenvalue weighted by molar-refractivity contribution is 0.0591. The number of phenols is 1. The second kappa shape index (κ2) is 15.8. The molecule has 4 atom stereocenters. The van der Waals surface area contributed by atoms with Crippen molar-refractivity contribution in [2.45, 2.75) is 77.3 Å². The molecule has 0 radical (unpaired) electrons. The third-order valence-electron chi connectivity index (χ3n) is 11.8. The number of carbonyl (C=O) groups is 2. The number of Topliss-reactive ketones (excluding diaryl/α,β-unsaturated/α-hetero) is 2. The van der Waals surface area contributed by atoms with Gasteiger partial charge in [0.15, 0.2) is 11.6 Å². The van der Waals surface area contributed by atoms with Crippen LogP contribution in [0.5, 0.6) is 5.75 Å². The number of fused-ring (bicyclic) bond motifs is 4. The van der Waals surface area contributed by atoms with Crippen molar-refractivity contribution in [3.05, 3.63) is 143 Å². The van der Waals surface area contributed by atoms with Gasteiger partial charge in [-0.1, -0.05) is 143 Å². The molecule has 1 aliphatic heterocycles. The first-order valence-electron chi connectivity index (χ1n) is 19.5. The summed E-state index contributed by atoms with van der Waals surface area (Å²) in [6.07, 6.45) is 5.49. The fourth-order valence-electron chi connectivity index (χ4n) is 9.52. The van der Waals surface area contributed by atoms with Gasteiger partial charge in [-0.2, -0.15) is 0 Å². The monoisotopic (exact) mass is 738 g/mol. The average molecular weight is 739 g/mol. The zero-order valence-corrected chi connectivity index (χ0v) is 32.8. The van der Waals surface area contributed by atoms with Crippen LogP contribution in [0.15, 0.2) is 126 Å². The molecule has 0 spiro atoms. The fourth-order valence-corrected chi connectivity index (χ4v) is 14.1. The maximum atomic E-state index is 14.4. The molecule has 8 heteroatoms. The number of allylic oxidation sites excluding steroid dienone is 1. The van der Waals surface area contributed by atoms with Crippen molar-refractivity contribution in [2.24, 2.45) is 17.8 Å². The molecule has 1 fully saturated rings. The molecule has 2 N–H and O–H groups in total. The Hall–Kier alpha value is -4.34. The van der Waals surface area contributed by atoms with Crippen LogP contribution in [0.3, 0.4) is 0 Å². The molecule has 1 saturated heterocycles. The smallest absolute Gasteiger partial charge is 0.455 e. The van der Waals surface area contributed by atoms with Crippen LogP contribution in [0.1, 0.15) is 86.1 Å². The van der Waals surface area contributed by atoms with Gasteiger partial charge in [-0.05, 0) is 82.2 Å². The molecule has 6 nitrogen and oxygen atoms in total. The Kier molecular flexibility index (Phi) is 11.1. The Bertz CT molecular complexity index is 2010. The van der Waals surface area contributed by atoms with Crippen molar-refractivity contribution in [1.82, 2.24) is 0 Å². The molecule has 0 saturated carbocycles. The van der Waals surface area contributed by atoms with Gasteiger partial charge in [0, 0.05) is 23.0 Å². The molecule has 278 valence electrons. The Balaban J connectivity index is 1.33. The van der Waals surface area contributed by atoms with Crippen LogP contribution in [0.2, 0.25) is 11.4 Å². The lowest BCUT2D eigenvalue weighted by Gasteiger charge is -2.48. The number of hydrogen-bond acceptors (Lipinski definition) is 6. The van der Waals surface area contributed by atoms with E-state index in [4.69, 9.17) is 9.08 Å². The molecule has 4 aromatic carbocycles. The van der Waals surface area contributed by atoms with Gasteiger partial charge in [0.25, 0.3) is 8.32 Å². The lowest BCUT2D eigenvalue weighted by Crippen LogP contribution is -2.66. The Labute approximate surface area is 321 Å². The summed E-state index contributed by atoms with van der Waals surface area (Å²) in [4.78, 5) is 28.8. The van der Waals surface area contributed by atoms with Gasteiger partial charge in [-0.3, -0.25) is 9.59 Å². The summed E-state index contributed by atoms with van der Waals surface area (Å²) in [5.74, 6) is -1.27. The van der Waals surface area contributed by atoms with Gasteiger partial charge in [0.1, 0.15) is 5.75 Å². The lowest BCUT2D eigenvalue weighted by atomic mass is 9.54. The van der Waals surface area contributed by atoms with Crippen molar-refractivity contribution in [3.8, 4) is 5.75 Å². The van der Waals surface area contributed by atoms with Crippen molar-refractivity contribution in [1.29, 1.82) is 0 Å². The van der Waals surface area contributed by atoms with E-state index in [-0.39, 0.29) is 34.6 Å². The van der Waals surface area contributed by atoms with Crippen LogP contribution in [-0.4, -0.2) is 49.8 Å². The highest BCUT2D eigenvalue weighted by Gasteiger charge is 2.55. The number of carbonyl (C=O) groups excluding carboxylic acids is 2. The minimum atomic E-state index is -2.96. The minimum absolute atomic E-state index is 0.00555. The number of rotatable bonds is 11. The number of hydrogen-bond donors (Lipinski definition) is 2. The number of ketones is 2. The molecule has 2 aliphatic carbocycles. The summed E-state index contributed by atoms with van der Waals surface area (Å²) in [5, 5.41) is 23.6. The van der Waals surface area contributed by atoms with E-state index in [0.717, 1.165) is 29.6 Å². The predicted molar refractivity (Wildman–Crippen MR) is 219 cm³/mol. The largest absolute Gasteiger partial charge is 0.508 e. The topological polar surface area (TPSA) is 93.1 Å². The van der Waals surface area contributed by atoms with Gasteiger partial charge in [-0.15, -0.1) is 0 Å². The van der Waals surface area contributed by atoms with Gasteiger partial charge in [-0.25, -0.2) is 0 Å². The molecular weight excluding hydrogens is 687 g/mol. The highest BCUT2D eigenvalue weighted by Crippen LogP contribution is 2.51. The standard InChI is InChI=1S/C46H51BO6Si/c1-5-15-31(26-32-16-14-17-34(48)27-32)24-25-41-42-33(30-52-54(46(2,3)4,35-18-8-6-9-19-35)36-20-10-7-11-21-36)28-39-43(40(42)29-47(51)53-41)45(50)38-23-13-12-22-37(38)44(39)49/h6-14,16-23,26-27,39-41,43,48,51H,5,15,24-25,28-30H2,1-4H3/b31-26+/t39-,40+,41-,43-/m1/s1. The maximum absolute atomic E-state index is 14.4. The molecule has 1 heterocycles. The van der Waals surface area contributed by atoms with E-state index in [0.29, 0.717) is 37.0 Å². The van der Waals surface area contributed by atoms with E-state index in [1.54, 1.807) is 24.3 Å². The third-order valence-corrected chi connectivity index (χ3v) is 16.8. The zero-order chi connectivity index (χ0) is 38.0. The first-order chi connectivity index (χ1) is 26.0. The van der Waals surface area contributed by atoms with Gasteiger partial charge in [0.05, 0.1) is 12.7 Å². The predicted octanol–water partition coefficient (Wildman–Crippen LogP) is 8.44. The van der Waals surface area contributed by atoms with Gasteiger partial charge >= 0.3 is 7.12 Å². The number of phenolic OH excluding ortho intramolecular Hbond substituents is 1. The van der Waals surface area contributed by atoms with Crippen LogP contribution in [-0.2, 0) is 9.08 Å². The van der Waals surface area contributed by atoms with Crippen LogP contribution in [0, 0.1) is 17.8 Å². The van der Waals surface area contributed by atoms with E-state index in [1.807, 2.05) is 36.4 Å². The highest BCUT2D eigenvalue weighted by molar-refractivity contribution is 6.99. The Morgan fingerprint density at radius 3 is 2.09 bits per heavy atom. The summed E-state index contributed by atoms with van der Waals surface area (Å²) < 4.78 is 14.0. The van der Waals surface area contributed by atoms with E-state index < -0.39 is 33.4 Å². The average Bonchev–Trinajstić information content (AvgIpc) is 3.16. The van der Waals surface area contributed by atoms with Crippen LogP contribution in [0.4, 0.5) is 0 Å². The number of aromatic hydroxyl groups is 1. The molecular formula is C46H51BO6Si. The first-order valence-corrected chi connectivity index (χ1v) is 21.4. The first kappa shape index (κ1) is 38.0. The summed E-state index contributed by atoms with van der Waals surface area (Å²) in [7, 11) is -4.02. The maximum Gasteiger partial charge on any atom is 0.455 e. The van der Waals surface area contributed by atoms with E-state index in [1.165, 1.54) is 15.9 Å². The number of benzene rings is 4. The van der Waals surface area contributed by atoms with Crippen LogP contribution >= 0.6 is 0 Å². The summed E-state index contributed by atoms with van der Waals surface area (Å²) in [5.41, 5.74) is 5.16. The quantitative estimate of drug-likeness (QED) is 0.119. The third kappa shape index (κ3) is 7.25. The van der Waals surface area contributed by atoms with Crippen molar-refractivity contribution in [2.75, 3.05) is 6.61 Å². The van der Waals surface area contributed by atoms with E-state index in [9.17, 15) is 19.7 Å². The Morgan fingerprint density at radius 2 is 1.48 bits per heavy atom. The van der Waals surface area contributed by atoms with E-state index in [2.05, 4.69) is 82.3 Å². The molecule has 4 aromatic rings. The van der Waals surface area contributed by atoms with Gasteiger partial charge < -0.3 is 19.2 Å². The van der Waals surface area contributed by atoms with Crippen molar-refractivity contribution >= 4 is 43.5 Å². The van der Waals surface area contributed by atoms with Crippen LogP contribution < -0.4 is 10.4 Å². The fraction of sp³-hybridized carbons (Fsp3) is 0.348. The van der Waals surface area contributed by atoms with E-state index >= 15 is 0 Å². The molecule has 0 amide bonds. The Morgan fingerprint density at radius 1 is 0.852 bits per heavy atom. The molecule has 54 heavy (non-hydrogen) atoms. The summed E-state index contributed by atoms with van der Waals surface area (Å²) in [6.45, 7) is 9.22. The van der Waals surface area contributed by atoms with Crippen molar-refractivity contribution in [3.63, 3.8) is 0 Å². The second-order valence-electron chi connectivity index (χ2n) is 16.2. The SMILES string of the molecule is CCC/C(=C\c1cccc(O)c1)CC[C@H]1OB(O)C[C@H]2C1=C(CO[Si](c1ccccc1)(c1ccccc1)C(C)(C)C)C[C@H]1C(=O)c3ccccc3C(=O)[C@H]12. The second-order valence-corrected chi connectivity index (χ2v) is 20.5. The van der Waals surface area contributed by atoms with Crippen LogP contribution in [0.25, 0.3) is 6.08 Å². The zero-order valence-electron chi connectivity index (χ0n) is 31.8.